The standard InChI is InChI=1S/C12H18OS/c1-9-7-14-8-10(9)11(13)6-12(2)4-3-5-12/h7-8,11,13H,3-6H2,1-2H3. The fourth-order valence-electron chi connectivity index (χ4n) is 2.27. The van der Waals surface area contributed by atoms with E-state index in [1.165, 1.54) is 24.8 Å². The third kappa shape index (κ3) is 1.86. The van der Waals surface area contributed by atoms with Crippen molar-refractivity contribution in [2.75, 3.05) is 0 Å². The average Bonchev–Trinajstić information content (AvgIpc) is 2.48. The number of hydrogen-bond acceptors (Lipinski definition) is 2. The summed E-state index contributed by atoms with van der Waals surface area (Å²) in [6.07, 6.45) is 4.60. The number of aryl methyl sites for hydroxylation is 1. The minimum atomic E-state index is -0.244. The Labute approximate surface area is 89.8 Å². The van der Waals surface area contributed by atoms with Crippen molar-refractivity contribution in [2.45, 2.75) is 45.6 Å². The number of rotatable bonds is 3. The third-order valence-corrected chi connectivity index (χ3v) is 4.38. The lowest BCUT2D eigenvalue weighted by Crippen LogP contribution is -2.27. The molecule has 0 radical (unpaired) electrons. The molecule has 1 aliphatic carbocycles. The minimum absolute atomic E-state index is 0.244. The van der Waals surface area contributed by atoms with Crippen LogP contribution in [0.1, 0.15) is 49.8 Å². The van der Waals surface area contributed by atoms with E-state index in [2.05, 4.69) is 24.6 Å². The van der Waals surface area contributed by atoms with Crippen LogP contribution in [0.4, 0.5) is 0 Å². The first-order valence-electron chi connectivity index (χ1n) is 5.31. The maximum absolute atomic E-state index is 10.1. The van der Waals surface area contributed by atoms with Crippen LogP contribution in [-0.4, -0.2) is 5.11 Å². The van der Waals surface area contributed by atoms with Crippen LogP contribution in [0.25, 0.3) is 0 Å². The summed E-state index contributed by atoms with van der Waals surface area (Å²) in [5.41, 5.74) is 2.79. The molecule has 0 aromatic carbocycles. The lowest BCUT2D eigenvalue weighted by Gasteiger charge is -2.40. The Hall–Kier alpha value is -0.340. The fourth-order valence-corrected chi connectivity index (χ4v) is 3.17. The van der Waals surface area contributed by atoms with Crippen molar-refractivity contribution in [3.63, 3.8) is 0 Å². The van der Waals surface area contributed by atoms with Crippen LogP contribution >= 0.6 is 11.3 Å². The largest absolute Gasteiger partial charge is 0.388 e. The maximum atomic E-state index is 10.1. The highest BCUT2D eigenvalue weighted by Crippen LogP contribution is 2.47. The monoisotopic (exact) mass is 210 g/mol. The van der Waals surface area contributed by atoms with Gasteiger partial charge in [0.25, 0.3) is 0 Å². The number of thiophene rings is 1. The Morgan fingerprint density at radius 1 is 1.50 bits per heavy atom. The van der Waals surface area contributed by atoms with Crippen molar-refractivity contribution in [1.29, 1.82) is 0 Å². The lowest BCUT2D eigenvalue weighted by atomic mass is 9.67. The Bertz CT molecular complexity index is 312. The van der Waals surface area contributed by atoms with Gasteiger partial charge in [-0.15, -0.1) is 0 Å². The summed E-state index contributed by atoms with van der Waals surface area (Å²) < 4.78 is 0. The molecule has 1 atom stereocenters. The molecular weight excluding hydrogens is 192 g/mol. The van der Waals surface area contributed by atoms with Gasteiger partial charge in [0.05, 0.1) is 6.10 Å². The SMILES string of the molecule is Cc1cscc1C(O)CC1(C)CCC1. The molecule has 0 amide bonds. The van der Waals surface area contributed by atoms with Crippen molar-refractivity contribution >= 4 is 11.3 Å². The number of aliphatic hydroxyl groups excluding tert-OH is 1. The first-order chi connectivity index (χ1) is 6.61. The molecular formula is C12H18OS. The maximum Gasteiger partial charge on any atom is 0.0805 e. The van der Waals surface area contributed by atoms with Crippen molar-refractivity contribution in [2.24, 2.45) is 5.41 Å². The van der Waals surface area contributed by atoms with E-state index in [9.17, 15) is 5.11 Å². The molecule has 1 unspecified atom stereocenters. The zero-order valence-electron chi connectivity index (χ0n) is 8.92. The van der Waals surface area contributed by atoms with Crippen LogP contribution in [0.3, 0.4) is 0 Å². The second-order valence-electron chi connectivity index (χ2n) is 4.89. The molecule has 14 heavy (non-hydrogen) atoms. The molecule has 0 aliphatic heterocycles. The van der Waals surface area contributed by atoms with Crippen molar-refractivity contribution in [1.82, 2.24) is 0 Å². The second kappa shape index (κ2) is 3.67. The predicted octanol–water partition coefficient (Wildman–Crippen LogP) is 3.67. The van der Waals surface area contributed by atoms with Crippen molar-refractivity contribution < 1.29 is 5.11 Å². The van der Waals surface area contributed by atoms with Gasteiger partial charge in [-0.25, -0.2) is 0 Å². The molecule has 1 saturated carbocycles. The highest BCUT2D eigenvalue weighted by Gasteiger charge is 2.34. The van der Waals surface area contributed by atoms with E-state index in [1.54, 1.807) is 11.3 Å². The molecule has 1 nitrogen and oxygen atoms in total. The molecule has 1 aromatic heterocycles. The van der Waals surface area contributed by atoms with Gasteiger partial charge in [0.2, 0.25) is 0 Å². The molecule has 2 heteroatoms. The quantitative estimate of drug-likeness (QED) is 0.807. The van der Waals surface area contributed by atoms with E-state index in [0.29, 0.717) is 5.41 Å². The van der Waals surface area contributed by atoms with E-state index in [0.717, 1.165) is 12.0 Å². The predicted molar refractivity (Wildman–Crippen MR) is 60.6 cm³/mol. The van der Waals surface area contributed by atoms with Gasteiger partial charge in [0.15, 0.2) is 0 Å². The van der Waals surface area contributed by atoms with E-state index in [4.69, 9.17) is 0 Å². The summed E-state index contributed by atoms with van der Waals surface area (Å²) in [6.45, 7) is 4.37. The third-order valence-electron chi connectivity index (χ3n) is 3.50. The summed E-state index contributed by atoms with van der Waals surface area (Å²) in [5, 5.41) is 14.3. The van der Waals surface area contributed by atoms with Gasteiger partial charge in [0.1, 0.15) is 0 Å². The van der Waals surface area contributed by atoms with Gasteiger partial charge in [-0.1, -0.05) is 13.3 Å². The molecule has 78 valence electrons. The van der Waals surface area contributed by atoms with Gasteiger partial charge >= 0.3 is 0 Å². The van der Waals surface area contributed by atoms with Gasteiger partial charge < -0.3 is 5.11 Å². The number of hydrogen-bond donors (Lipinski definition) is 1. The smallest absolute Gasteiger partial charge is 0.0805 e. The molecule has 1 heterocycles. The van der Waals surface area contributed by atoms with Crippen LogP contribution in [0, 0.1) is 12.3 Å². The van der Waals surface area contributed by atoms with Gasteiger partial charge in [-0.3, -0.25) is 0 Å². The lowest BCUT2D eigenvalue weighted by molar-refractivity contribution is 0.0546. The molecule has 1 fully saturated rings. The summed E-state index contributed by atoms with van der Waals surface area (Å²) >= 11 is 1.69. The zero-order valence-corrected chi connectivity index (χ0v) is 9.73. The van der Waals surface area contributed by atoms with Crippen LogP contribution in [-0.2, 0) is 0 Å². The van der Waals surface area contributed by atoms with Crippen LogP contribution in [0.5, 0.6) is 0 Å². The molecule has 1 aromatic rings. The van der Waals surface area contributed by atoms with Crippen LogP contribution in [0.15, 0.2) is 10.8 Å². The van der Waals surface area contributed by atoms with Gasteiger partial charge in [-0.05, 0) is 53.5 Å². The summed E-state index contributed by atoms with van der Waals surface area (Å²) in [7, 11) is 0. The highest BCUT2D eigenvalue weighted by molar-refractivity contribution is 7.08. The summed E-state index contributed by atoms with van der Waals surface area (Å²) in [6, 6.07) is 0. The Kier molecular flexibility index (Phi) is 2.67. The second-order valence-corrected chi connectivity index (χ2v) is 5.64. The minimum Gasteiger partial charge on any atom is -0.388 e. The molecule has 1 aliphatic rings. The van der Waals surface area contributed by atoms with E-state index in [1.807, 2.05) is 0 Å². The average molecular weight is 210 g/mol. The summed E-state index contributed by atoms with van der Waals surface area (Å²) in [5.74, 6) is 0. The number of aliphatic hydroxyl groups is 1. The van der Waals surface area contributed by atoms with E-state index < -0.39 is 0 Å². The molecule has 2 rings (SSSR count). The first kappa shape index (κ1) is 10.2. The van der Waals surface area contributed by atoms with Gasteiger partial charge in [-0.2, -0.15) is 11.3 Å². The highest BCUT2D eigenvalue weighted by atomic mass is 32.1. The molecule has 0 spiro atoms. The zero-order chi connectivity index (χ0) is 10.2. The molecule has 1 N–H and O–H groups in total. The Morgan fingerprint density at radius 3 is 2.64 bits per heavy atom. The Morgan fingerprint density at radius 2 is 2.21 bits per heavy atom. The first-order valence-corrected chi connectivity index (χ1v) is 6.26. The van der Waals surface area contributed by atoms with Crippen molar-refractivity contribution in [3.8, 4) is 0 Å². The Balaban J connectivity index is 2.02. The molecule has 0 saturated heterocycles. The van der Waals surface area contributed by atoms with E-state index in [-0.39, 0.29) is 6.10 Å². The van der Waals surface area contributed by atoms with Crippen LogP contribution in [0.2, 0.25) is 0 Å². The van der Waals surface area contributed by atoms with Gasteiger partial charge in [0, 0.05) is 0 Å². The normalized spacial score (nSPS) is 21.6. The topological polar surface area (TPSA) is 20.2 Å². The van der Waals surface area contributed by atoms with Crippen LogP contribution < -0.4 is 0 Å². The molecule has 0 bridgehead atoms. The fraction of sp³-hybridized carbons (Fsp3) is 0.667. The summed E-state index contributed by atoms with van der Waals surface area (Å²) in [4.78, 5) is 0. The van der Waals surface area contributed by atoms with E-state index >= 15 is 0 Å². The van der Waals surface area contributed by atoms with Crippen molar-refractivity contribution in [3.05, 3.63) is 21.9 Å².